The lowest BCUT2D eigenvalue weighted by molar-refractivity contribution is -0.148. The van der Waals surface area contributed by atoms with Gasteiger partial charge in [-0.25, -0.2) is 4.39 Å². The Hall–Kier alpha value is -1.47. The smallest absolute Gasteiger partial charge is 0.253 e. The maximum Gasteiger partial charge on any atom is 0.253 e. The van der Waals surface area contributed by atoms with Gasteiger partial charge in [0.1, 0.15) is 5.82 Å². The van der Waals surface area contributed by atoms with Gasteiger partial charge in [0, 0.05) is 42.1 Å². The van der Waals surface area contributed by atoms with Crippen molar-refractivity contribution in [2.24, 2.45) is 5.92 Å². The standard InChI is InChI=1S/C19H24BrFN2O3/c1-12-10-23(11-13(2)26-12)18(24)14-3-5-22(6-4-14)19(25)15-7-16(20)9-17(21)8-15/h7-9,12-14H,3-6,10-11H2,1-2H3. The summed E-state index contributed by atoms with van der Waals surface area (Å²) in [6, 6.07) is 4.20. The molecule has 26 heavy (non-hydrogen) atoms. The number of rotatable bonds is 2. The van der Waals surface area contributed by atoms with Gasteiger partial charge in [-0.2, -0.15) is 0 Å². The SMILES string of the molecule is CC1CN(C(=O)C2CCN(C(=O)c3cc(F)cc(Br)c3)CC2)CC(C)O1. The molecule has 2 saturated heterocycles. The minimum absolute atomic E-state index is 0.0517. The quantitative estimate of drug-likeness (QED) is 0.729. The van der Waals surface area contributed by atoms with E-state index in [0.717, 1.165) is 0 Å². The fourth-order valence-electron chi connectivity index (χ4n) is 3.81. The fraction of sp³-hybridized carbons (Fsp3) is 0.579. The summed E-state index contributed by atoms with van der Waals surface area (Å²) < 4.78 is 19.8. The summed E-state index contributed by atoms with van der Waals surface area (Å²) in [5.74, 6) is -0.531. The Bertz CT molecular complexity index is 661. The molecule has 0 radical (unpaired) electrons. The maximum absolute atomic E-state index is 13.5. The molecule has 142 valence electrons. The number of likely N-dealkylation sites (tertiary alicyclic amines) is 1. The van der Waals surface area contributed by atoms with Gasteiger partial charge in [-0.1, -0.05) is 15.9 Å². The molecule has 2 fully saturated rings. The van der Waals surface area contributed by atoms with E-state index in [0.29, 0.717) is 49.1 Å². The van der Waals surface area contributed by atoms with E-state index in [1.165, 1.54) is 12.1 Å². The van der Waals surface area contributed by atoms with Crippen molar-refractivity contribution in [1.82, 2.24) is 9.80 Å². The van der Waals surface area contributed by atoms with Crippen LogP contribution >= 0.6 is 15.9 Å². The molecule has 2 atom stereocenters. The molecule has 0 spiro atoms. The predicted molar refractivity (Wildman–Crippen MR) is 99.3 cm³/mol. The van der Waals surface area contributed by atoms with Crippen LogP contribution in [0.2, 0.25) is 0 Å². The molecule has 1 aromatic carbocycles. The van der Waals surface area contributed by atoms with Gasteiger partial charge >= 0.3 is 0 Å². The fourth-order valence-corrected chi connectivity index (χ4v) is 4.27. The van der Waals surface area contributed by atoms with Crippen LogP contribution in [0.3, 0.4) is 0 Å². The minimum atomic E-state index is -0.441. The van der Waals surface area contributed by atoms with Crippen LogP contribution in [0.25, 0.3) is 0 Å². The van der Waals surface area contributed by atoms with Crippen molar-refractivity contribution in [2.75, 3.05) is 26.2 Å². The first-order valence-corrected chi connectivity index (χ1v) is 9.82. The molecule has 0 saturated carbocycles. The topological polar surface area (TPSA) is 49.9 Å². The summed E-state index contributed by atoms with van der Waals surface area (Å²) in [6.07, 6.45) is 1.38. The second kappa shape index (κ2) is 8.05. The zero-order chi connectivity index (χ0) is 18.8. The van der Waals surface area contributed by atoms with E-state index < -0.39 is 5.82 Å². The third-order valence-electron chi connectivity index (χ3n) is 4.97. The molecule has 2 aliphatic heterocycles. The number of ether oxygens (including phenoxy) is 1. The summed E-state index contributed by atoms with van der Waals surface area (Å²) in [4.78, 5) is 29.0. The first kappa shape index (κ1) is 19.3. The van der Waals surface area contributed by atoms with E-state index >= 15 is 0 Å². The Labute approximate surface area is 161 Å². The number of hydrogen-bond donors (Lipinski definition) is 0. The van der Waals surface area contributed by atoms with Crippen LogP contribution in [0.5, 0.6) is 0 Å². The van der Waals surface area contributed by atoms with Crippen molar-refractivity contribution >= 4 is 27.7 Å². The van der Waals surface area contributed by atoms with Crippen molar-refractivity contribution in [3.8, 4) is 0 Å². The van der Waals surface area contributed by atoms with Crippen LogP contribution in [0.1, 0.15) is 37.0 Å². The summed E-state index contributed by atoms with van der Waals surface area (Å²) in [5, 5.41) is 0. The van der Waals surface area contributed by atoms with Gasteiger partial charge < -0.3 is 14.5 Å². The van der Waals surface area contributed by atoms with Crippen LogP contribution < -0.4 is 0 Å². The van der Waals surface area contributed by atoms with Gasteiger partial charge in [0.05, 0.1) is 12.2 Å². The summed E-state index contributed by atoms with van der Waals surface area (Å²) >= 11 is 3.22. The Morgan fingerprint density at radius 2 is 1.69 bits per heavy atom. The van der Waals surface area contributed by atoms with E-state index in [1.54, 1.807) is 11.0 Å². The Morgan fingerprint density at radius 1 is 1.08 bits per heavy atom. The number of benzene rings is 1. The summed E-state index contributed by atoms with van der Waals surface area (Å²) in [6.45, 7) is 6.24. The van der Waals surface area contributed by atoms with Crippen LogP contribution in [0.15, 0.2) is 22.7 Å². The second-order valence-corrected chi connectivity index (χ2v) is 8.14. The van der Waals surface area contributed by atoms with Crippen molar-refractivity contribution in [2.45, 2.75) is 38.9 Å². The highest BCUT2D eigenvalue weighted by atomic mass is 79.9. The lowest BCUT2D eigenvalue weighted by Gasteiger charge is -2.39. The van der Waals surface area contributed by atoms with Gasteiger partial charge in [-0.15, -0.1) is 0 Å². The number of carbonyl (C=O) groups excluding carboxylic acids is 2. The molecule has 2 heterocycles. The van der Waals surface area contributed by atoms with E-state index in [4.69, 9.17) is 4.74 Å². The van der Waals surface area contributed by atoms with E-state index in [-0.39, 0.29) is 29.9 Å². The normalized spacial score (nSPS) is 24.6. The van der Waals surface area contributed by atoms with E-state index in [9.17, 15) is 14.0 Å². The van der Waals surface area contributed by atoms with Crippen LogP contribution in [0.4, 0.5) is 4.39 Å². The summed E-state index contributed by atoms with van der Waals surface area (Å²) in [5.41, 5.74) is 0.331. The van der Waals surface area contributed by atoms with Crippen LogP contribution in [0, 0.1) is 11.7 Å². The molecule has 7 heteroatoms. The van der Waals surface area contributed by atoms with Crippen LogP contribution in [-0.4, -0.2) is 60.0 Å². The molecule has 1 aromatic rings. The third kappa shape index (κ3) is 4.43. The molecule has 5 nitrogen and oxygen atoms in total. The lowest BCUT2D eigenvalue weighted by Crippen LogP contribution is -2.51. The van der Waals surface area contributed by atoms with Gasteiger partial charge in [-0.3, -0.25) is 9.59 Å². The number of hydrogen-bond acceptors (Lipinski definition) is 3. The predicted octanol–water partition coefficient (Wildman–Crippen LogP) is 3.08. The number of nitrogens with zero attached hydrogens (tertiary/aromatic N) is 2. The molecule has 2 unspecified atom stereocenters. The number of carbonyl (C=O) groups is 2. The molecule has 2 aliphatic rings. The largest absolute Gasteiger partial charge is 0.372 e. The molecule has 0 aliphatic carbocycles. The highest BCUT2D eigenvalue weighted by Crippen LogP contribution is 2.24. The van der Waals surface area contributed by atoms with Crippen LogP contribution in [-0.2, 0) is 9.53 Å². The average Bonchev–Trinajstić information content (AvgIpc) is 2.59. The third-order valence-corrected chi connectivity index (χ3v) is 5.43. The Kier molecular flexibility index (Phi) is 5.97. The van der Waals surface area contributed by atoms with Gasteiger partial charge in [0.2, 0.25) is 5.91 Å². The van der Waals surface area contributed by atoms with Crippen molar-refractivity contribution in [1.29, 1.82) is 0 Å². The molecule has 0 N–H and O–H groups in total. The zero-order valence-electron chi connectivity index (χ0n) is 15.1. The molecule has 0 aromatic heterocycles. The molecule has 3 rings (SSSR count). The zero-order valence-corrected chi connectivity index (χ0v) is 16.7. The molecular weight excluding hydrogens is 403 g/mol. The number of amides is 2. The number of halogens is 2. The second-order valence-electron chi connectivity index (χ2n) is 7.23. The monoisotopic (exact) mass is 426 g/mol. The lowest BCUT2D eigenvalue weighted by atomic mass is 9.94. The first-order chi connectivity index (χ1) is 12.3. The number of piperidine rings is 1. The Balaban J connectivity index is 1.58. The Morgan fingerprint density at radius 3 is 2.27 bits per heavy atom. The van der Waals surface area contributed by atoms with Gasteiger partial charge in [0.15, 0.2) is 0 Å². The van der Waals surface area contributed by atoms with Crippen molar-refractivity contribution in [3.05, 3.63) is 34.1 Å². The maximum atomic E-state index is 13.5. The highest BCUT2D eigenvalue weighted by molar-refractivity contribution is 9.10. The minimum Gasteiger partial charge on any atom is -0.372 e. The average molecular weight is 427 g/mol. The van der Waals surface area contributed by atoms with Crippen molar-refractivity contribution in [3.63, 3.8) is 0 Å². The van der Waals surface area contributed by atoms with Crippen molar-refractivity contribution < 1.29 is 18.7 Å². The summed E-state index contributed by atoms with van der Waals surface area (Å²) in [7, 11) is 0. The molecule has 2 amide bonds. The first-order valence-electron chi connectivity index (χ1n) is 9.03. The molecular formula is C19H24BrFN2O3. The highest BCUT2D eigenvalue weighted by Gasteiger charge is 2.33. The number of morpholine rings is 1. The van der Waals surface area contributed by atoms with Gasteiger partial charge in [-0.05, 0) is 44.9 Å². The van der Waals surface area contributed by atoms with E-state index in [2.05, 4.69) is 15.9 Å². The van der Waals surface area contributed by atoms with E-state index in [1.807, 2.05) is 18.7 Å². The molecule has 0 bridgehead atoms. The van der Waals surface area contributed by atoms with Gasteiger partial charge in [0.25, 0.3) is 5.91 Å².